The summed E-state index contributed by atoms with van der Waals surface area (Å²) in [6.07, 6.45) is 13.2. The number of carbonyl (C=O) groups is 1. The summed E-state index contributed by atoms with van der Waals surface area (Å²) >= 11 is 0. The molecule has 0 aromatic carbocycles. The Morgan fingerprint density at radius 1 is 1.00 bits per heavy atom. The SMILES string of the molecule is CCCC1CCC2C3CC[C@H]4N(C)C(=O)CCC4(C)C3CCC12C. The molecule has 136 valence electrons. The van der Waals surface area contributed by atoms with Gasteiger partial charge in [0, 0.05) is 19.5 Å². The topological polar surface area (TPSA) is 20.3 Å². The third kappa shape index (κ3) is 2.16. The summed E-state index contributed by atoms with van der Waals surface area (Å²) in [5.41, 5.74) is 1.01. The Bertz CT molecular complexity index is 516. The van der Waals surface area contributed by atoms with Crippen LogP contribution < -0.4 is 0 Å². The highest BCUT2D eigenvalue weighted by molar-refractivity contribution is 5.77. The first kappa shape index (κ1) is 16.9. The van der Waals surface area contributed by atoms with Crippen molar-refractivity contribution in [2.45, 2.75) is 91.0 Å². The molecule has 1 aliphatic heterocycles. The van der Waals surface area contributed by atoms with Crippen molar-refractivity contribution >= 4 is 5.91 Å². The predicted molar refractivity (Wildman–Crippen MR) is 98.6 cm³/mol. The lowest BCUT2D eigenvalue weighted by Gasteiger charge is -2.62. The average molecular weight is 332 g/mol. The lowest BCUT2D eigenvalue weighted by atomic mass is 9.46. The molecule has 1 saturated heterocycles. The third-order valence-electron chi connectivity index (χ3n) is 9.39. The first-order valence-corrected chi connectivity index (χ1v) is 10.7. The lowest BCUT2D eigenvalue weighted by Crippen LogP contribution is -2.61. The molecule has 3 saturated carbocycles. The zero-order valence-electron chi connectivity index (χ0n) is 16.3. The van der Waals surface area contributed by atoms with Gasteiger partial charge in [-0.3, -0.25) is 4.79 Å². The van der Waals surface area contributed by atoms with Gasteiger partial charge in [0.05, 0.1) is 0 Å². The van der Waals surface area contributed by atoms with Crippen LogP contribution in [0.15, 0.2) is 0 Å². The molecule has 6 unspecified atom stereocenters. The number of rotatable bonds is 2. The second-order valence-electron chi connectivity index (χ2n) is 10.1. The predicted octanol–water partition coefficient (Wildman–Crippen LogP) is 5.27. The number of hydrogen-bond donors (Lipinski definition) is 0. The second kappa shape index (κ2) is 5.74. The summed E-state index contributed by atoms with van der Waals surface area (Å²) < 4.78 is 0. The molecule has 1 heterocycles. The van der Waals surface area contributed by atoms with Crippen molar-refractivity contribution in [3.8, 4) is 0 Å². The maximum atomic E-state index is 12.2. The molecule has 0 bridgehead atoms. The number of piperidine rings is 1. The number of hydrogen-bond acceptors (Lipinski definition) is 1. The first-order valence-electron chi connectivity index (χ1n) is 10.7. The van der Waals surface area contributed by atoms with Gasteiger partial charge in [-0.1, -0.05) is 33.6 Å². The van der Waals surface area contributed by atoms with Gasteiger partial charge < -0.3 is 4.90 Å². The number of likely N-dealkylation sites (tertiary alicyclic amines) is 1. The van der Waals surface area contributed by atoms with Crippen molar-refractivity contribution in [3.63, 3.8) is 0 Å². The molecule has 7 atom stereocenters. The van der Waals surface area contributed by atoms with Crippen LogP contribution in [-0.4, -0.2) is 23.9 Å². The minimum absolute atomic E-state index is 0.385. The average Bonchev–Trinajstić information content (AvgIpc) is 2.89. The Morgan fingerprint density at radius 2 is 1.75 bits per heavy atom. The van der Waals surface area contributed by atoms with Gasteiger partial charge in [0.1, 0.15) is 0 Å². The van der Waals surface area contributed by atoms with Crippen LogP contribution in [0.3, 0.4) is 0 Å². The maximum Gasteiger partial charge on any atom is 0.222 e. The van der Waals surface area contributed by atoms with E-state index in [0.29, 0.717) is 22.8 Å². The Hall–Kier alpha value is -0.530. The highest BCUT2D eigenvalue weighted by Crippen LogP contribution is 2.66. The molecule has 4 aliphatic rings. The van der Waals surface area contributed by atoms with E-state index in [2.05, 4.69) is 32.7 Å². The minimum Gasteiger partial charge on any atom is -0.342 e. The Labute approximate surface area is 148 Å². The molecule has 2 nitrogen and oxygen atoms in total. The number of amides is 1. The molecular formula is C22H37NO. The molecule has 0 aromatic rings. The van der Waals surface area contributed by atoms with Crippen LogP contribution in [0.4, 0.5) is 0 Å². The van der Waals surface area contributed by atoms with Crippen molar-refractivity contribution in [2.75, 3.05) is 7.05 Å². The fourth-order valence-electron chi connectivity index (χ4n) is 8.08. The summed E-state index contributed by atoms with van der Waals surface area (Å²) in [5.74, 6) is 4.14. The summed E-state index contributed by atoms with van der Waals surface area (Å²) in [6, 6.07) is 0.511. The lowest BCUT2D eigenvalue weighted by molar-refractivity contribution is -0.158. The quantitative estimate of drug-likeness (QED) is 0.675. The van der Waals surface area contributed by atoms with E-state index in [1.54, 1.807) is 0 Å². The summed E-state index contributed by atoms with van der Waals surface area (Å²) in [4.78, 5) is 14.4. The van der Waals surface area contributed by atoms with Crippen molar-refractivity contribution in [1.82, 2.24) is 4.90 Å². The van der Waals surface area contributed by atoms with Crippen LogP contribution in [0.5, 0.6) is 0 Å². The second-order valence-corrected chi connectivity index (χ2v) is 10.1. The first-order chi connectivity index (χ1) is 11.4. The number of nitrogens with zero attached hydrogens (tertiary/aromatic N) is 1. The van der Waals surface area contributed by atoms with Gasteiger partial charge in [0.2, 0.25) is 5.91 Å². The van der Waals surface area contributed by atoms with Crippen LogP contribution in [0.2, 0.25) is 0 Å². The smallest absolute Gasteiger partial charge is 0.222 e. The molecule has 3 aliphatic carbocycles. The van der Waals surface area contributed by atoms with Crippen molar-refractivity contribution < 1.29 is 4.79 Å². The van der Waals surface area contributed by atoms with E-state index in [0.717, 1.165) is 36.5 Å². The van der Waals surface area contributed by atoms with Crippen LogP contribution in [0, 0.1) is 34.5 Å². The van der Waals surface area contributed by atoms with Crippen molar-refractivity contribution in [3.05, 3.63) is 0 Å². The van der Waals surface area contributed by atoms with Gasteiger partial charge in [-0.05, 0) is 79.4 Å². The molecule has 0 aromatic heterocycles. The number of carbonyl (C=O) groups excluding carboxylic acids is 1. The Morgan fingerprint density at radius 3 is 2.50 bits per heavy atom. The van der Waals surface area contributed by atoms with Gasteiger partial charge in [0.15, 0.2) is 0 Å². The molecule has 4 rings (SSSR count). The monoisotopic (exact) mass is 331 g/mol. The van der Waals surface area contributed by atoms with E-state index < -0.39 is 0 Å². The van der Waals surface area contributed by atoms with E-state index in [1.165, 1.54) is 51.4 Å². The molecule has 0 radical (unpaired) electrons. The Balaban J connectivity index is 1.61. The van der Waals surface area contributed by atoms with Crippen LogP contribution >= 0.6 is 0 Å². The molecule has 0 spiro atoms. The van der Waals surface area contributed by atoms with Crippen LogP contribution in [0.25, 0.3) is 0 Å². The molecular weight excluding hydrogens is 294 g/mol. The molecule has 1 amide bonds. The summed E-state index contributed by atoms with van der Waals surface area (Å²) in [7, 11) is 2.07. The molecule has 2 heteroatoms. The fraction of sp³-hybridized carbons (Fsp3) is 0.955. The largest absolute Gasteiger partial charge is 0.342 e. The van der Waals surface area contributed by atoms with Crippen LogP contribution in [0.1, 0.15) is 85.0 Å². The van der Waals surface area contributed by atoms with E-state index in [4.69, 9.17) is 0 Å². The van der Waals surface area contributed by atoms with Crippen LogP contribution in [-0.2, 0) is 4.79 Å². The normalized spacial score (nSPS) is 51.1. The number of fused-ring (bicyclic) bond motifs is 5. The molecule has 24 heavy (non-hydrogen) atoms. The zero-order chi connectivity index (χ0) is 17.1. The maximum absolute atomic E-state index is 12.2. The zero-order valence-corrected chi connectivity index (χ0v) is 16.3. The van der Waals surface area contributed by atoms with E-state index in [1.807, 2.05) is 0 Å². The summed E-state index contributed by atoms with van der Waals surface area (Å²) in [6.45, 7) is 7.55. The van der Waals surface area contributed by atoms with Gasteiger partial charge in [-0.25, -0.2) is 0 Å². The fourth-order valence-corrected chi connectivity index (χ4v) is 8.08. The van der Waals surface area contributed by atoms with Crippen molar-refractivity contribution in [2.24, 2.45) is 34.5 Å². The highest BCUT2D eigenvalue weighted by atomic mass is 16.2. The standard InChI is InChI=1S/C22H37NO/c1-5-6-15-7-9-17-16-8-10-19-22(3,14-12-20(24)23(19)4)18(16)11-13-21(15,17)2/h15-19H,5-14H2,1-4H3/t15?,16?,17?,18?,19-,21?,22?/m1/s1. The Kier molecular flexibility index (Phi) is 4.05. The van der Waals surface area contributed by atoms with Gasteiger partial charge in [0.25, 0.3) is 0 Å². The van der Waals surface area contributed by atoms with Crippen molar-refractivity contribution in [1.29, 1.82) is 0 Å². The molecule has 4 fully saturated rings. The molecule has 0 N–H and O–H groups in total. The van der Waals surface area contributed by atoms with Gasteiger partial charge in [-0.2, -0.15) is 0 Å². The van der Waals surface area contributed by atoms with E-state index >= 15 is 0 Å². The highest BCUT2D eigenvalue weighted by Gasteiger charge is 2.60. The van der Waals surface area contributed by atoms with Gasteiger partial charge >= 0.3 is 0 Å². The van der Waals surface area contributed by atoms with Gasteiger partial charge in [-0.15, -0.1) is 0 Å². The minimum atomic E-state index is 0.385. The summed E-state index contributed by atoms with van der Waals surface area (Å²) in [5, 5.41) is 0. The van der Waals surface area contributed by atoms with E-state index in [9.17, 15) is 4.79 Å². The third-order valence-corrected chi connectivity index (χ3v) is 9.39. The van der Waals surface area contributed by atoms with E-state index in [-0.39, 0.29) is 0 Å².